The van der Waals surface area contributed by atoms with Crippen molar-refractivity contribution in [3.8, 4) is 5.75 Å². The Labute approximate surface area is 178 Å². The third kappa shape index (κ3) is 5.61. The number of rotatable bonds is 7. The molecule has 3 rings (SSSR count). The summed E-state index contributed by atoms with van der Waals surface area (Å²) in [5.74, 6) is -0.207. The van der Waals surface area contributed by atoms with Crippen molar-refractivity contribution in [3.05, 3.63) is 84.2 Å². The van der Waals surface area contributed by atoms with Gasteiger partial charge < -0.3 is 15.4 Å². The van der Waals surface area contributed by atoms with Crippen LogP contribution in [0, 0.1) is 5.82 Å². The Morgan fingerprint density at radius 2 is 1.60 bits per heavy atom. The summed E-state index contributed by atoms with van der Waals surface area (Å²) in [4.78, 5) is 25.7. The fourth-order valence-corrected chi connectivity index (χ4v) is 3.53. The van der Waals surface area contributed by atoms with Crippen LogP contribution in [0.1, 0.15) is 17.3 Å². The summed E-state index contributed by atoms with van der Waals surface area (Å²) in [6.07, 6.45) is 0. The second-order valence-electron chi connectivity index (χ2n) is 6.44. The van der Waals surface area contributed by atoms with E-state index in [4.69, 9.17) is 4.74 Å². The topological polar surface area (TPSA) is 67.4 Å². The van der Waals surface area contributed by atoms with Crippen molar-refractivity contribution >= 4 is 35.0 Å². The standard InChI is InChI=1S/C23H21FN2O3S/c1-15(30-19-13-9-17(24)10-14-19)22(27)25-18-11-7-16(8-12-18)23(28)26-20-5-3-4-6-21(20)29-2/h3-15H,1-2H3,(H,25,27)(H,26,28). The molecule has 3 aromatic carbocycles. The van der Waals surface area contributed by atoms with Crippen LogP contribution in [0.3, 0.4) is 0 Å². The number of hydrogen-bond donors (Lipinski definition) is 2. The highest BCUT2D eigenvalue weighted by atomic mass is 32.2. The van der Waals surface area contributed by atoms with Crippen LogP contribution in [-0.4, -0.2) is 24.2 Å². The van der Waals surface area contributed by atoms with Gasteiger partial charge in [-0.05, 0) is 67.6 Å². The van der Waals surface area contributed by atoms with E-state index < -0.39 is 0 Å². The van der Waals surface area contributed by atoms with Gasteiger partial charge in [0, 0.05) is 16.1 Å². The molecule has 0 radical (unpaired) electrons. The summed E-state index contributed by atoms with van der Waals surface area (Å²) in [5, 5.41) is 5.26. The Balaban J connectivity index is 1.58. The van der Waals surface area contributed by atoms with E-state index in [1.54, 1.807) is 55.5 Å². The van der Waals surface area contributed by atoms with E-state index in [-0.39, 0.29) is 22.9 Å². The molecule has 3 aromatic rings. The molecule has 2 amide bonds. The summed E-state index contributed by atoms with van der Waals surface area (Å²) in [6, 6.07) is 19.8. The van der Waals surface area contributed by atoms with Crippen molar-refractivity contribution in [2.45, 2.75) is 17.1 Å². The molecule has 0 bridgehead atoms. The smallest absolute Gasteiger partial charge is 0.255 e. The Hall–Kier alpha value is -3.32. The summed E-state index contributed by atoms with van der Waals surface area (Å²) >= 11 is 1.34. The van der Waals surface area contributed by atoms with Gasteiger partial charge in [0.05, 0.1) is 18.0 Å². The number of para-hydroxylation sites is 2. The lowest BCUT2D eigenvalue weighted by atomic mass is 10.2. The van der Waals surface area contributed by atoms with Gasteiger partial charge >= 0.3 is 0 Å². The normalized spacial score (nSPS) is 11.4. The summed E-state index contributed by atoms with van der Waals surface area (Å²) in [7, 11) is 1.54. The number of hydrogen-bond acceptors (Lipinski definition) is 4. The molecule has 2 N–H and O–H groups in total. The van der Waals surface area contributed by atoms with Crippen LogP contribution in [0.25, 0.3) is 0 Å². The highest BCUT2D eigenvalue weighted by Crippen LogP contribution is 2.25. The molecule has 0 fully saturated rings. The first kappa shape index (κ1) is 21.4. The molecular weight excluding hydrogens is 403 g/mol. The number of carbonyl (C=O) groups excluding carboxylic acids is 2. The molecule has 0 heterocycles. The third-order valence-corrected chi connectivity index (χ3v) is 5.38. The van der Waals surface area contributed by atoms with E-state index in [0.29, 0.717) is 22.7 Å². The van der Waals surface area contributed by atoms with Crippen LogP contribution in [0.5, 0.6) is 5.75 Å². The minimum absolute atomic E-state index is 0.185. The molecule has 1 unspecified atom stereocenters. The van der Waals surface area contributed by atoms with Crippen LogP contribution in [0.15, 0.2) is 77.7 Å². The minimum Gasteiger partial charge on any atom is -0.495 e. The number of carbonyl (C=O) groups is 2. The second-order valence-corrected chi connectivity index (χ2v) is 7.85. The van der Waals surface area contributed by atoms with Crippen molar-refractivity contribution in [1.29, 1.82) is 0 Å². The number of nitrogens with one attached hydrogen (secondary N) is 2. The molecule has 5 nitrogen and oxygen atoms in total. The maximum Gasteiger partial charge on any atom is 0.255 e. The fraction of sp³-hybridized carbons (Fsp3) is 0.130. The molecule has 0 saturated heterocycles. The summed E-state index contributed by atoms with van der Waals surface area (Å²) in [5.41, 5.74) is 1.61. The highest BCUT2D eigenvalue weighted by molar-refractivity contribution is 8.00. The quantitative estimate of drug-likeness (QED) is 0.511. The van der Waals surface area contributed by atoms with Crippen molar-refractivity contribution in [3.63, 3.8) is 0 Å². The zero-order valence-electron chi connectivity index (χ0n) is 16.5. The van der Waals surface area contributed by atoms with Crippen molar-refractivity contribution < 1.29 is 18.7 Å². The van der Waals surface area contributed by atoms with Crippen LogP contribution in [-0.2, 0) is 4.79 Å². The molecular formula is C23H21FN2O3S. The summed E-state index contributed by atoms with van der Waals surface area (Å²) in [6.45, 7) is 1.78. The van der Waals surface area contributed by atoms with Gasteiger partial charge in [-0.25, -0.2) is 4.39 Å². The van der Waals surface area contributed by atoms with Crippen LogP contribution >= 0.6 is 11.8 Å². The Kier molecular flexibility index (Phi) is 7.08. The van der Waals surface area contributed by atoms with Crippen LogP contribution < -0.4 is 15.4 Å². The highest BCUT2D eigenvalue weighted by Gasteiger charge is 2.15. The average Bonchev–Trinajstić information content (AvgIpc) is 2.76. The Bertz CT molecular complexity index is 1020. The Morgan fingerprint density at radius 3 is 2.27 bits per heavy atom. The monoisotopic (exact) mass is 424 g/mol. The lowest BCUT2D eigenvalue weighted by Crippen LogP contribution is -2.22. The SMILES string of the molecule is COc1ccccc1NC(=O)c1ccc(NC(=O)C(C)Sc2ccc(F)cc2)cc1. The first-order valence-corrected chi connectivity index (χ1v) is 10.1. The fourth-order valence-electron chi connectivity index (χ4n) is 2.66. The third-order valence-electron chi connectivity index (χ3n) is 4.27. The number of methoxy groups -OCH3 is 1. The zero-order valence-corrected chi connectivity index (χ0v) is 17.3. The molecule has 0 aliphatic rings. The van der Waals surface area contributed by atoms with Gasteiger partial charge in [-0.1, -0.05) is 12.1 Å². The minimum atomic E-state index is -0.371. The van der Waals surface area contributed by atoms with Crippen LogP contribution in [0.4, 0.5) is 15.8 Å². The first-order valence-electron chi connectivity index (χ1n) is 9.24. The van der Waals surface area contributed by atoms with E-state index in [1.807, 2.05) is 12.1 Å². The second kappa shape index (κ2) is 9.93. The lowest BCUT2D eigenvalue weighted by molar-refractivity contribution is -0.115. The molecule has 0 saturated carbocycles. The predicted molar refractivity (Wildman–Crippen MR) is 118 cm³/mol. The van der Waals surface area contributed by atoms with Crippen molar-refractivity contribution in [1.82, 2.24) is 0 Å². The molecule has 0 aliphatic carbocycles. The van der Waals surface area contributed by atoms with Gasteiger partial charge in [-0.3, -0.25) is 9.59 Å². The first-order chi connectivity index (χ1) is 14.5. The average molecular weight is 424 g/mol. The van der Waals surface area contributed by atoms with E-state index in [1.165, 1.54) is 31.0 Å². The van der Waals surface area contributed by atoms with Gasteiger partial charge in [0.15, 0.2) is 0 Å². The number of thioether (sulfide) groups is 1. The molecule has 30 heavy (non-hydrogen) atoms. The Morgan fingerprint density at radius 1 is 0.933 bits per heavy atom. The predicted octanol–water partition coefficient (Wildman–Crippen LogP) is 5.21. The number of halogens is 1. The van der Waals surface area contributed by atoms with E-state index in [0.717, 1.165) is 4.90 Å². The largest absolute Gasteiger partial charge is 0.495 e. The van der Waals surface area contributed by atoms with Gasteiger partial charge in [-0.15, -0.1) is 11.8 Å². The van der Waals surface area contributed by atoms with Crippen molar-refractivity contribution in [2.75, 3.05) is 17.7 Å². The molecule has 0 spiro atoms. The number of ether oxygens (including phenoxy) is 1. The molecule has 7 heteroatoms. The number of anilines is 2. The van der Waals surface area contributed by atoms with E-state index in [2.05, 4.69) is 10.6 Å². The van der Waals surface area contributed by atoms with E-state index in [9.17, 15) is 14.0 Å². The summed E-state index contributed by atoms with van der Waals surface area (Å²) < 4.78 is 18.2. The molecule has 0 aromatic heterocycles. The molecule has 1 atom stereocenters. The molecule has 154 valence electrons. The zero-order chi connectivity index (χ0) is 21.5. The van der Waals surface area contributed by atoms with Gasteiger partial charge in [0.1, 0.15) is 11.6 Å². The molecule has 0 aliphatic heterocycles. The van der Waals surface area contributed by atoms with Crippen molar-refractivity contribution in [2.24, 2.45) is 0 Å². The van der Waals surface area contributed by atoms with Gasteiger partial charge in [-0.2, -0.15) is 0 Å². The number of amides is 2. The van der Waals surface area contributed by atoms with Crippen LogP contribution in [0.2, 0.25) is 0 Å². The van der Waals surface area contributed by atoms with Gasteiger partial charge in [0.25, 0.3) is 5.91 Å². The lowest BCUT2D eigenvalue weighted by Gasteiger charge is -2.13. The maximum atomic E-state index is 13.0. The number of benzene rings is 3. The van der Waals surface area contributed by atoms with Gasteiger partial charge in [0.2, 0.25) is 5.91 Å². The maximum absolute atomic E-state index is 13.0. The van der Waals surface area contributed by atoms with E-state index >= 15 is 0 Å².